The van der Waals surface area contributed by atoms with Crippen molar-refractivity contribution in [1.29, 1.82) is 0 Å². The fourth-order valence-corrected chi connectivity index (χ4v) is 3.30. The number of hydrogen-bond donors (Lipinski definition) is 0. The van der Waals surface area contributed by atoms with E-state index < -0.39 is 0 Å². The third-order valence-electron chi connectivity index (χ3n) is 5.19. The first-order valence-electron chi connectivity index (χ1n) is 12.6. The molecule has 0 saturated heterocycles. The maximum Gasteiger partial charge on any atom is 0.305 e. The smallest absolute Gasteiger partial charge is 0.305 e. The van der Waals surface area contributed by atoms with Gasteiger partial charge in [-0.15, -0.1) is 0 Å². The maximum absolute atomic E-state index is 11.6. The van der Waals surface area contributed by atoms with Crippen LogP contribution >= 0.6 is 0 Å². The van der Waals surface area contributed by atoms with Gasteiger partial charge in [0.1, 0.15) is 0 Å². The van der Waals surface area contributed by atoms with Gasteiger partial charge in [0, 0.05) is 19.6 Å². The third kappa shape index (κ3) is 25.4. The first kappa shape index (κ1) is 28.4. The lowest BCUT2D eigenvalue weighted by atomic mass is 10.1. The van der Waals surface area contributed by atoms with Gasteiger partial charge in [0.25, 0.3) is 0 Å². The molecule has 0 spiro atoms. The number of carbonyl (C=O) groups excluding carboxylic acids is 1. The van der Waals surface area contributed by atoms with E-state index in [2.05, 4.69) is 13.8 Å². The molecule has 0 rings (SSSR count). The summed E-state index contributed by atoms with van der Waals surface area (Å²) >= 11 is 0. The van der Waals surface area contributed by atoms with Crippen molar-refractivity contribution in [3.05, 3.63) is 0 Å². The Hall–Kier alpha value is -0.610. The Morgan fingerprint density at radius 3 is 1.41 bits per heavy atom. The number of rotatable bonds is 24. The van der Waals surface area contributed by atoms with Crippen LogP contribution in [0.2, 0.25) is 0 Å². The lowest BCUT2D eigenvalue weighted by Crippen LogP contribution is -2.09. The maximum atomic E-state index is 11.6. The van der Waals surface area contributed by atoms with Gasteiger partial charge < -0.3 is 14.2 Å². The third-order valence-corrected chi connectivity index (χ3v) is 5.19. The highest BCUT2D eigenvalue weighted by Gasteiger charge is 2.02. The van der Waals surface area contributed by atoms with Crippen molar-refractivity contribution in [3.63, 3.8) is 0 Å². The molecule has 0 bridgehead atoms. The van der Waals surface area contributed by atoms with Crippen LogP contribution in [0.1, 0.15) is 123 Å². The Morgan fingerprint density at radius 1 is 0.483 bits per heavy atom. The van der Waals surface area contributed by atoms with E-state index in [1.165, 1.54) is 83.5 Å². The average molecular weight is 415 g/mol. The molecule has 0 unspecified atom stereocenters. The highest BCUT2D eigenvalue weighted by molar-refractivity contribution is 5.69. The molecule has 0 aliphatic rings. The number of unbranched alkanes of at least 4 members (excludes halogenated alkanes) is 13. The molecule has 0 heterocycles. The molecule has 0 radical (unpaired) electrons. The SMILES string of the molecule is CCCCCCCCCCOCCOCCCC(=O)OCCCCCCCCC. The molecule has 0 aromatic rings. The minimum Gasteiger partial charge on any atom is -0.466 e. The Balaban J connectivity index is 3.12. The van der Waals surface area contributed by atoms with E-state index in [0.29, 0.717) is 32.8 Å². The van der Waals surface area contributed by atoms with Gasteiger partial charge in [0.2, 0.25) is 0 Å². The van der Waals surface area contributed by atoms with Crippen molar-refractivity contribution in [1.82, 2.24) is 0 Å². The molecule has 4 heteroatoms. The van der Waals surface area contributed by atoms with Crippen molar-refractivity contribution in [2.75, 3.05) is 33.0 Å². The zero-order valence-corrected chi connectivity index (χ0v) is 19.7. The molecular formula is C25H50O4. The first-order chi connectivity index (χ1) is 14.3. The Kier molecular flexibility index (Phi) is 24.9. The predicted octanol–water partition coefficient (Wildman–Crippen LogP) is 7.23. The van der Waals surface area contributed by atoms with Crippen molar-refractivity contribution in [2.24, 2.45) is 0 Å². The largest absolute Gasteiger partial charge is 0.466 e. The van der Waals surface area contributed by atoms with Crippen molar-refractivity contribution >= 4 is 5.97 Å². The van der Waals surface area contributed by atoms with Gasteiger partial charge in [-0.2, -0.15) is 0 Å². The molecule has 0 amide bonds. The fourth-order valence-electron chi connectivity index (χ4n) is 3.30. The molecule has 29 heavy (non-hydrogen) atoms. The number of esters is 1. The molecular weight excluding hydrogens is 364 g/mol. The van der Waals surface area contributed by atoms with Gasteiger partial charge >= 0.3 is 5.97 Å². The fraction of sp³-hybridized carbons (Fsp3) is 0.960. The van der Waals surface area contributed by atoms with Crippen LogP contribution in [0.3, 0.4) is 0 Å². The molecule has 0 atom stereocenters. The summed E-state index contributed by atoms with van der Waals surface area (Å²) in [6.07, 6.45) is 20.5. The molecule has 0 aromatic carbocycles. The van der Waals surface area contributed by atoms with E-state index in [-0.39, 0.29) is 5.97 Å². The summed E-state index contributed by atoms with van der Waals surface area (Å²) in [5.41, 5.74) is 0. The first-order valence-corrected chi connectivity index (χ1v) is 12.6. The van der Waals surface area contributed by atoms with Crippen LogP contribution in [-0.4, -0.2) is 39.0 Å². The minimum atomic E-state index is -0.0921. The Morgan fingerprint density at radius 2 is 0.897 bits per heavy atom. The molecule has 0 aliphatic heterocycles. The van der Waals surface area contributed by atoms with Crippen LogP contribution in [0, 0.1) is 0 Å². The van der Waals surface area contributed by atoms with Gasteiger partial charge in [-0.1, -0.05) is 97.3 Å². The van der Waals surface area contributed by atoms with Crippen LogP contribution in [0.5, 0.6) is 0 Å². The summed E-state index contributed by atoms with van der Waals surface area (Å²) < 4.78 is 16.4. The summed E-state index contributed by atoms with van der Waals surface area (Å²) in [6.45, 7) is 7.77. The summed E-state index contributed by atoms with van der Waals surface area (Å²) in [4.78, 5) is 11.6. The van der Waals surface area contributed by atoms with E-state index in [0.717, 1.165) is 25.9 Å². The van der Waals surface area contributed by atoms with Crippen molar-refractivity contribution in [3.8, 4) is 0 Å². The van der Waals surface area contributed by atoms with Crippen LogP contribution in [-0.2, 0) is 19.0 Å². The lowest BCUT2D eigenvalue weighted by molar-refractivity contribution is -0.144. The second-order valence-electron chi connectivity index (χ2n) is 8.14. The quantitative estimate of drug-likeness (QED) is 0.123. The Bertz CT molecular complexity index is 320. The zero-order chi connectivity index (χ0) is 21.3. The highest BCUT2D eigenvalue weighted by atomic mass is 16.5. The van der Waals surface area contributed by atoms with Gasteiger partial charge in [0.05, 0.1) is 19.8 Å². The molecule has 0 aliphatic carbocycles. The van der Waals surface area contributed by atoms with Gasteiger partial charge in [0.15, 0.2) is 0 Å². The van der Waals surface area contributed by atoms with Crippen LogP contribution < -0.4 is 0 Å². The van der Waals surface area contributed by atoms with Gasteiger partial charge in [-0.25, -0.2) is 0 Å². The number of carbonyl (C=O) groups is 1. The second kappa shape index (κ2) is 25.4. The predicted molar refractivity (Wildman–Crippen MR) is 122 cm³/mol. The van der Waals surface area contributed by atoms with E-state index in [9.17, 15) is 4.79 Å². The van der Waals surface area contributed by atoms with E-state index >= 15 is 0 Å². The Labute approximate surface area is 181 Å². The standard InChI is InChI=1S/C25H50O4/c1-3-5-7-9-11-13-14-16-20-27-23-24-28-21-18-19-25(26)29-22-17-15-12-10-8-6-4-2/h3-24H2,1-2H3. The minimum absolute atomic E-state index is 0.0921. The van der Waals surface area contributed by atoms with Crippen molar-refractivity contribution in [2.45, 2.75) is 123 Å². The monoisotopic (exact) mass is 414 g/mol. The molecule has 4 nitrogen and oxygen atoms in total. The van der Waals surface area contributed by atoms with Crippen LogP contribution in [0.4, 0.5) is 0 Å². The molecule has 0 saturated carbocycles. The van der Waals surface area contributed by atoms with Crippen LogP contribution in [0.25, 0.3) is 0 Å². The topological polar surface area (TPSA) is 44.8 Å². The molecule has 0 fully saturated rings. The van der Waals surface area contributed by atoms with E-state index in [1.54, 1.807) is 0 Å². The zero-order valence-electron chi connectivity index (χ0n) is 19.7. The van der Waals surface area contributed by atoms with E-state index in [4.69, 9.17) is 14.2 Å². The summed E-state index contributed by atoms with van der Waals surface area (Å²) in [6, 6.07) is 0. The lowest BCUT2D eigenvalue weighted by Gasteiger charge is -2.07. The molecule has 0 aromatic heterocycles. The summed E-state index contributed by atoms with van der Waals surface area (Å²) in [5.74, 6) is -0.0921. The number of hydrogen-bond acceptors (Lipinski definition) is 4. The highest BCUT2D eigenvalue weighted by Crippen LogP contribution is 2.09. The van der Waals surface area contributed by atoms with Gasteiger partial charge in [-0.05, 0) is 19.3 Å². The van der Waals surface area contributed by atoms with Gasteiger partial charge in [-0.3, -0.25) is 4.79 Å². The summed E-state index contributed by atoms with van der Waals surface area (Å²) in [5, 5.41) is 0. The number of ether oxygens (including phenoxy) is 3. The van der Waals surface area contributed by atoms with Crippen molar-refractivity contribution < 1.29 is 19.0 Å². The second-order valence-corrected chi connectivity index (χ2v) is 8.14. The average Bonchev–Trinajstić information content (AvgIpc) is 2.72. The van der Waals surface area contributed by atoms with Crippen LogP contribution in [0.15, 0.2) is 0 Å². The summed E-state index contributed by atoms with van der Waals surface area (Å²) in [7, 11) is 0. The molecule has 174 valence electrons. The van der Waals surface area contributed by atoms with E-state index in [1.807, 2.05) is 0 Å². The normalized spacial score (nSPS) is 11.1. The molecule has 0 N–H and O–H groups in total.